The molecular weight excluding hydrogens is 288 g/mol. The first kappa shape index (κ1) is 16.7. The number of rotatable bonds is 6. The van der Waals surface area contributed by atoms with E-state index in [0.29, 0.717) is 17.7 Å². The van der Waals surface area contributed by atoms with Crippen LogP contribution in [-0.2, 0) is 11.2 Å². The summed E-state index contributed by atoms with van der Waals surface area (Å²) in [4.78, 5) is 25.5. The van der Waals surface area contributed by atoms with Crippen molar-refractivity contribution in [2.24, 2.45) is 0 Å². The smallest absolute Gasteiger partial charge is 0.253 e. The average molecular weight is 310 g/mol. The lowest BCUT2D eigenvalue weighted by Gasteiger charge is -2.11. The second-order valence-electron chi connectivity index (χ2n) is 5.67. The number of nitrogens with one attached hydrogen (secondary N) is 1. The van der Waals surface area contributed by atoms with Gasteiger partial charge in [0.25, 0.3) is 5.91 Å². The molecule has 0 unspecified atom stereocenters. The predicted octanol–water partition coefficient (Wildman–Crippen LogP) is 3.35. The van der Waals surface area contributed by atoms with E-state index < -0.39 is 0 Å². The molecule has 0 atom stereocenters. The minimum Gasteiger partial charge on any atom is -0.345 e. The Morgan fingerprint density at radius 3 is 2.43 bits per heavy atom. The Morgan fingerprint density at radius 1 is 1.00 bits per heavy atom. The fourth-order valence-corrected chi connectivity index (χ4v) is 2.31. The fraction of sp³-hybridized carbons (Fsp3) is 0.263. The van der Waals surface area contributed by atoms with Crippen LogP contribution in [0, 0.1) is 0 Å². The molecular formula is C19H22N2O2. The molecule has 0 fully saturated rings. The summed E-state index contributed by atoms with van der Waals surface area (Å²) >= 11 is 0. The summed E-state index contributed by atoms with van der Waals surface area (Å²) < 4.78 is 0. The molecule has 2 aromatic rings. The lowest BCUT2D eigenvalue weighted by atomic mass is 10.1. The topological polar surface area (TPSA) is 49.4 Å². The number of nitrogens with zero attached hydrogens (tertiary/aromatic N) is 1. The summed E-state index contributed by atoms with van der Waals surface area (Å²) in [5.41, 5.74) is 2.46. The third-order valence-electron chi connectivity index (χ3n) is 3.51. The van der Waals surface area contributed by atoms with Crippen LogP contribution < -0.4 is 5.32 Å². The number of carbonyl (C=O) groups is 2. The van der Waals surface area contributed by atoms with E-state index >= 15 is 0 Å². The van der Waals surface area contributed by atoms with Crippen molar-refractivity contribution in [3.63, 3.8) is 0 Å². The minimum atomic E-state index is -0.0785. The maximum Gasteiger partial charge on any atom is 0.253 e. The molecule has 2 amide bonds. The summed E-state index contributed by atoms with van der Waals surface area (Å²) in [5, 5.41) is 2.85. The molecule has 0 bridgehead atoms. The number of amides is 2. The van der Waals surface area contributed by atoms with Gasteiger partial charge in [-0.2, -0.15) is 0 Å². The molecule has 0 aromatic heterocycles. The van der Waals surface area contributed by atoms with Crippen LogP contribution in [0.4, 0.5) is 5.69 Å². The first-order valence-corrected chi connectivity index (χ1v) is 7.72. The van der Waals surface area contributed by atoms with E-state index in [4.69, 9.17) is 0 Å². The molecule has 0 aliphatic rings. The van der Waals surface area contributed by atoms with Crippen LogP contribution in [0.2, 0.25) is 0 Å². The highest BCUT2D eigenvalue weighted by atomic mass is 16.2. The van der Waals surface area contributed by atoms with Gasteiger partial charge in [0.1, 0.15) is 0 Å². The van der Waals surface area contributed by atoms with Crippen molar-refractivity contribution < 1.29 is 9.59 Å². The largest absolute Gasteiger partial charge is 0.345 e. The molecule has 120 valence electrons. The van der Waals surface area contributed by atoms with Crippen LogP contribution in [0.5, 0.6) is 0 Å². The summed E-state index contributed by atoms with van der Waals surface area (Å²) in [5.74, 6) is -0.111. The SMILES string of the molecule is CN(C)C(=O)c1cccc(NC(=O)CCCc2ccccc2)c1. The fourth-order valence-electron chi connectivity index (χ4n) is 2.31. The predicted molar refractivity (Wildman–Crippen MR) is 92.5 cm³/mol. The number of aryl methyl sites for hydroxylation is 1. The number of carbonyl (C=O) groups excluding carboxylic acids is 2. The average Bonchev–Trinajstić information content (AvgIpc) is 2.55. The molecule has 0 saturated carbocycles. The van der Waals surface area contributed by atoms with E-state index in [-0.39, 0.29) is 11.8 Å². The Balaban J connectivity index is 1.85. The van der Waals surface area contributed by atoms with Crippen LogP contribution >= 0.6 is 0 Å². The first-order valence-electron chi connectivity index (χ1n) is 7.72. The Kier molecular flexibility index (Phi) is 5.92. The molecule has 2 aromatic carbocycles. The van der Waals surface area contributed by atoms with E-state index in [1.165, 1.54) is 10.5 Å². The molecule has 23 heavy (non-hydrogen) atoms. The summed E-state index contributed by atoms with van der Waals surface area (Å²) in [6.07, 6.45) is 2.14. The molecule has 0 radical (unpaired) electrons. The lowest BCUT2D eigenvalue weighted by Crippen LogP contribution is -2.21. The molecule has 0 saturated heterocycles. The quantitative estimate of drug-likeness (QED) is 0.889. The molecule has 2 rings (SSSR count). The van der Waals surface area contributed by atoms with Crippen molar-refractivity contribution in [1.82, 2.24) is 4.90 Å². The zero-order valence-corrected chi connectivity index (χ0v) is 13.6. The number of benzene rings is 2. The normalized spacial score (nSPS) is 10.2. The van der Waals surface area contributed by atoms with E-state index in [2.05, 4.69) is 17.4 Å². The van der Waals surface area contributed by atoms with Gasteiger partial charge in [-0.25, -0.2) is 0 Å². The van der Waals surface area contributed by atoms with E-state index in [1.807, 2.05) is 18.2 Å². The van der Waals surface area contributed by atoms with Crippen molar-refractivity contribution in [2.45, 2.75) is 19.3 Å². The second kappa shape index (κ2) is 8.13. The molecule has 0 heterocycles. The van der Waals surface area contributed by atoms with Gasteiger partial charge < -0.3 is 10.2 Å². The van der Waals surface area contributed by atoms with Crippen LogP contribution in [0.3, 0.4) is 0 Å². The van der Waals surface area contributed by atoms with E-state index in [9.17, 15) is 9.59 Å². The van der Waals surface area contributed by atoms with Gasteiger partial charge in [0.2, 0.25) is 5.91 Å². The zero-order chi connectivity index (χ0) is 16.7. The molecule has 0 aliphatic heterocycles. The Hall–Kier alpha value is -2.62. The Bertz CT molecular complexity index is 666. The van der Waals surface area contributed by atoms with Crippen LogP contribution in [-0.4, -0.2) is 30.8 Å². The van der Waals surface area contributed by atoms with Crippen molar-refractivity contribution in [3.8, 4) is 0 Å². The third-order valence-corrected chi connectivity index (χ3v) is 3.51. The van der Waals surface area contributed by atoms with Gasteiger partial charge in [-0.15, -0.1) is 0 Å². The van der Waals surface area contributed by atoms with Gasteiger partial charge in [0.05, 0.1) is 0 Å². The Labute approximate surface area is 137 Å². The maximum absolute atomic E-state index is 12.0. The second-order valence-corrected chi connectivity index (χ2v) is 5.67. The maximum atomic E-state index is 12.0. The number of hydrogen-bond acceptors (Lipinski definition) is 2. The van der Waals surface area contributed by atoms with E-state index in [0.717, 1.165) is 12.8 Å². The minimum absolute atomic E-state index is 0.0321. The first-order chi connectivity index (χ1) is 11.1. The third kappa shape index (κ3) is 5.25. The monoisotopic (exact) mass is 310 g/mol. The lowest BCUT2D eigenvalue weighted by molar-refractivity contribution is -0.116. The zero-order valence-electron chi connectivity index (χ0n) is 13.6. The van der Waals surface area contributed by atoms with Gasteiger partial charge >= 0.3 is 0 Å². The highest BCUT2D eigenvalue weighted by Crippen LogP contribution is 2.13. The van der Waals surface area contributed by atoms with Gasteiger partial charge in [-0.1, -0.05) is 36.4 Å². The highest BCUT2D eigenvalue weighted by Gasteiger charge is 2.09. The highest BCUT2D eigenvalue weighted by molar-refractivity contribution is 5.96. The van der Waals surface area contributed by atoms with Crippen LogP contribution in [0.15, 0.2) is 54.6 Å². The van der Waals surface area contributed by atoms with Crippen LogP contribution in [0.25, 0.3) is 0 Å². The van der Waals surface area contributed by atoms with Crippen molar-refractivity contribution in [3.05, 3.63) is 65.7 Å². The molecule has 0 spiro atoms. The standard InChI is InChI=1S/C19H22N2O2/c1-21(2)19(23)16-11-7-12-17(14-16)20-18(22)13-6-10-15-8-4-3-5-9-15/h3-5,7-9,11-12,14H,6,10,13H2,1-2H3,(H,20,22). The number of hydrogen-bond donors (Lipinski definition) is 1. The van der Waals surface area contributed by atoms with Gasteiger partial charge in [0, 0.05) is 31.8 Å². The van der Waals surface area contributed by atoms with Gasteiger partial charge in [-0.3, -0.25) is 9.59 Å². The van der Waals surface area contributed by atoms with Gasteiger partial charge in [0.15, 0.2) is 0 Å². The van der Waals surface area contributed by atoms with E-state index in [1.54, 1.807) is 38.4 Å². The Morgan fingerprint density at radius 2 is 1.74 bits per heavy atom. The molecule has 1 N–H and O–H groups in total. The van der Waals surface area contributed by atoms with Crippen molar-refractivity contribution in [2.75, 3.05) is 19.4 Å². The molecule has 4 heteroatoms. The van der Waals surface area contributed by atoms with Gasteiger partial charge in [-0.05, 0) is 36.6 Å². The van der Waals surface area contributed by atoms with Crippen LogP contribution in [0.1, 0.15) is 28.8 Å². The molecule has 4 nitrogen and oxygen atoms in total. The number of anilines is 1. The summed E-state index contributed by atoms with van der Waals surface area (Å²) in [6.45, 7) is 0. The van der Waals surface area contributed by atoms with Crippen molar-refractivity contribution >= 4 is 17.5 Å². The molecule has 0 aliphatic carbocycles. The summed E-state index contributed by atoms with van der Waals surface area (Å²) in [7, 11) is 3.41. The van der Waals surface area contributed by atoms with Crippen molar-refractivity contribution in [1.29, 1.82) is 0 Å². The summed E-state index contributed by atoms with van der Waals surface area (Å²) in [6, 6.07) is 17.1.